The SMILES string of the molecule is CCN(C(=O)CNCC(CC)(CC)SC)C1CC1. The molecule has 1 saturated carbocycles. The van der Waals surface area contributed by atoms with E-state index < -0.39 is 0 Å². The van der Waals surface area contributed by atoms with Crippen molar-refractivity contribution in [3.63, 3.8) is 0 Å². The Labute approximate surface area is 116 Å². The summed E-state index contributed by atoms with van der Waals surface area (Å²) in [5, 5.41) is 3.36. The summed E-state index contributed by atoms with van der Waals surface area (Å²) in [5.74, 6) is 0.266. The van der Waals surface area contributed by atoms with E-state index in [-0.39, 0.29) is 10.7 Å². The van der Waals surface area contributed by atoms with Crippen molar-refractivity contribution < 1.29 is 4.79 Å². The zero-order valence-electron chi connectivity index (χ0n) is 12.3. The molecule has 0 aromatic carbocycles. The number of thioether (sulfide) groups is 1. The molecule has 0 aromatic rings. The van der Waals surface area contributed by atoms with E-state index in [0.717, 1.165) is 25.9 Å². The van der Waals surface area contributed by atoms with Crippen molar-refractivity contribution in [1.29, 1.82) is 0 Å². The first-order valence-corrected chi connectivity index (χ1v) is 8.40. The summed E-state index contributed by atoms with van der Waals surface area (Å²) in [7, 11) is 0. The van der Waals surface area contributed by atoms with E-state index >= 15 is 0 Å². The van der Waals surface area contributed by atoms with Gasteiger partial charge in [0.05, 0.1) is 6.54 Å². The maximum atomic E-state index is 12.1. The number of nitrogens with zero attached hydrogens (tertiary/aromatic N) is 1. The van der Waals surface area contributed by atoms with Crippen molar-refractivity contribution in [2.24, 2.45) is 0 Å². The van der Waals surface area contributed by atoms with Gasteiger partial charge < -0.3 is 10.2 Å². The van der Waals surface area contributed by atoms with Gasteiger partial charge in [-0.1, -0.05) is 13.8 Å². The molecule has 0 bridgehead atoms. The Morgan fingerprint density at radius 3 is 2.33 bits per heavy atom. The van der Waals surface area contributed by atoms with Gasteiger partial charge in [0.15, 0.2) is 0 Å². The number of hydrogen-bond acceptors (Lipinski definition) is 3. The van der Waals surface area contributed by atoms with Crippen LogP contribution in [0.4, 0.5) is 0 Å². The van der Waals surface area contributed by atoms with Gasteiger partial charge in [0.25, 0.3) is 0 Å². The fraction of sp³-hybridized carbons (Fsp3) is 0.929. The molecule has 4 heteroatoms. The van der Waals surface area contributed by atoms with E-state index in [4.69, 9.17) is 0 Å². The lowest BCUT2D eigenvalue weighted by molar-refractivity contribution is -0.130. The van der Waals surface area contributed by atoms with Crippen LogP contribution in [0.3, 0.4) is 0 Å². The Bertz CT molecular complexity index is 254. The maximum Gasteiger partial charge on any atom is 0.236 e. The standard InChI is InChI=1S/C14H28N2OS/c1-5-14(6-2,18-4)11-15-10-13(17)16(7-3)12-8-9-12/h12,15H,5-11H2,1-4H3. The van der Waals surface area contributed by atoms with E-state index in [9.17, 15) is 4.79 Å². The molecule has 0 aliphatic heterocycles. The quantitative estimate of drug-likeness (QED) is 0.700. The molecule has 0 radical (unpaired) electrons. The summed E-state index contributed by atoms with van der Waals surface area (Å²) < 4.78 is 0.289. The second kappa shape index (κ2) is 7.39. The van der Waals surface area contributed by atoms with Crippen LogP contribution in [-0.2, 0) is 4.79 Å². The molecule has 1 rings (SSSR count). The third kappa shape index (κ3) is 4.16. The number of rotatable bonds is 9. The van der Waals surface area contributed by atoms with Crippen LogP contribution in [0, 0.1) is 0 Å². The van der Waals surface area contributed by atoms with Crippen LogP contribution in [0.1, 0.15) is 46.5 Å². The summed E-state index contributed by atoms with van der Waals surface area (Å²) in [5.41, 5.74) is 0. The van der Waals surface area contributed by atoms with Crippen molar-refractivity contribution in [2.45, 2.75) is 57.2 Å². The Balaban J connectivity index is 2.33. The van der Waals surface area contributed by atoms with Gasteiger partial charge in [-0.25, -0.2) is 0 Å². The van der Waals surface area contributed by atoms with Crippen molar-refractivity contribution in [2.75, 3.05) is 25.9 Å². The Morgan fingerprint density at radius 2 is 1.94 bits per heavy atom. The van der Waals surface area contributed by atoms with Gasteiger partial charge in [0, 0.05) is 23.9 Å². The highest BCUT2D eigenvalue weighted by Gasteiger charge is 2.31. The fourth-order valence-electron chi connectivity index (χ4n) is 2.38. The van der Waals surface area contributed by atoms with Gasteiger partial charge in [0.2, 0.25) is 5.91 Å². The lowest BCUT2D eigenvalue weighted by Crippen LogP contribution is -2.44. The first-order valence-electron chi connectivity index (χ1n) is 7.17. The lowest BCUT2D eigenvalue weighted by Gasteiger charge is -2.30. The normalized spacial score (nSPS) is 15.8. The average molecular weight is 272 g/mol. The highest BCUT2D eigenvalue weighted by molar-refractivity contribution is 8.00. The minimum Gasteiger partial charge on any atom is -0.339 e. The van der Waals surface area contributed by atoms with Gasteiger partial charge in [-0.05, 0) is 38.9 Å². The molecule has 1 amide bonds. The molecule has 0 spiro atoms. The van der Waals surface area contributed by atoms with E-state index in [2.05, 4.69) is 32.3 Å². The Hall–Kier alpha value is -0.220. The van der Waals surface area contributed by atoms with Gasteiger partial charge in [-0.2, -0.15) is 11.8 Å². The predicted molar refractivity (Wildman–Crippen MR) is 80.1 cm³/mol. The van der Waals surface area contributed by atoms with E-state index in [1.165, 1.54) is 12.8 Å². The molecule has 1 aliphatic rings. The zero-order chi connectivity index (χ0) is 13.6. The molecule has 3 nitrogen and oxygen atoms in total. The number of carbonyl (C=O) groups is 1. The van der Waals surface area contributed by atoms with Crippen LogP contribution < -0.4 is 5.32 Å². The summed E-state index contributed by atoms with van der Waals surface area (Å²) >= 11 is 1.91. The maximum absolute atomic E-state index is 12.1. The van der Waals surface area contributed by atoms with Gasteiger partial charge in [-0.3, -0.25) is 4.79 Å². The molecule has 0 saturated heterocycles. The number of likely N-dealkylation sites (N-methyl/N-ethyl adjacent to an activating group) is 1. The molecule has 0 unspecified atom stereocenters. The number of carbonyl (C=O) groups excluding carboxylic acids is 1. The molecule has 0 atom stereocenters. The van der Waals surface area contributed by atoms with Gasteiger partial charge >= 0.3 is 0 Å². The molecule has 0 aromatic heterocycles. The van der Waals surface area contributed by atoms with Crippen molar-refractivity contribution in [3.8, 4) is 0 Å². The molecule has 0 heterocycles. The highest BCUT2D eigenvalue weighted by Crippen LogP contribution is 2.29. The average Bonchev–Trinajstić information content (AvgIpc) is 3.21. The van der Waals surface area contributed by atoms with Crippen LogP contribution in [0.25, 0.3) is 0 Å². The van der Waals surface area contributed by atoms with Crippen molar-refractivity contribution in [1.82, 2.24) is 10.2 Å². The van der Waals surface area contributed by atoms with Crippen LogP contribution >= 0.6 is 11.8 Å². The minimum absolute atomic E-state index is 0.266. The van der Waals surface area contributed by atoms with Gasteiger partial charge in [-0.15, -0.1) is 0 Å². The third-order valence-electron chi connectivity index (χ3n) is 4.09. The molecular formula is C14H28N2OS. The Morgan fingerprint density at radius 1 is 1.33 bits per heavy atom. The molecular weight excluding hydrogens is 244 g/mol. The number of amides is 1. The van der Waals surface area contributed by atoms with Crippen LogP contribution in [0.5, 0.6) is 0 Å². The molecule has 1 fully saturated rings. The molecule has 1 N–H and O–H groups in total. The topological polar surface area (TPSA) is 32.3 Å². The molecule has 1 aliphatic carbocycles. The second-order valence-corrected chi connectivity index (χ2v) is 6.38. The summed E-state index contributed by atoms with van der Waals surface area (Å²) in [6.07, 6.45) is 6.84. The highest BCUT2D eigenvalue weighted by atomic mass is 32.2. The Kier molecular flexibility index (Phi) is 6.50. The van der Waals surface area contributed by atoms with Crippen LogP contribution in [0.2, 0.25) is 0 Å². The fourth-order valence-corrected chi connectivity index (χ4v) is 3.21. The lowest BCUT2D eigenvalue weighted by atomic mass is 10.0. The van der Waals surface area contributed by atoms with E-state index in [0.29, 0.717) is 12.6 Å². The third-order valence-corrected chi connectivity index (χ3v) is 5.68. The monoisotopic (exact) mass is 272 g/mol. The number of hydrogen-bond donors (Lipinski definition) is 1. The largest absolute Gasteiger partial charge is 0.339 e. The van der Waals surface area contributed by atoms with Crippen LogP contribution in [-0.4, -0.2) is 47.5 Å². The first kappa shape index (κ1) is 15.8. The molecule has 18 heavy (non-hydrogen) atoms. The molecule has 106 valence electrons. The summed E-state index contributed by atoms with van der Waals surface area (Å²) in [6.45, 7) is 8.79. The zero-order valence-corrected chi connectivity index (χ0v) is 13.1. The van der Waals surface area contributed by atoms with E-state index in [1.807, 2.05) is 16.7 Å². The smallest absolute Gasteiger partial charge is 0.236 e. The van der Waals surface area contributed by atoms with Gasteiger partial charge in [0.1, 0.15) is 0 Å². The number of nitrogens with one attached hydrogen (secondary N) is 1. The summed E-state index contributed by atoms with van der Waals surface area (Å²) in [4.78, 5) is 14.1. The second-order valence-electron chi connectivity index (χ2n) is 5.11. The van der Waals surface area contributed by atoms with Crippen molar-refractivity contribution in [3.05, 3.63) is 0 Å². The van der Waals surface area contributed by atoms with Crippen molar-refractivity contribution >= 4 is 17.7 Å². The predicted octanol–water partition coefficient (Wildman–Crippen LogP) is 2.51. The van der Waals surface area contributed by atoms with Crippen LogP contribution in [0.15, 0.2) is 0 Å². The summed E-state index contributed by atoms with van der Waals surface area (Å²) in [6, 6.07) is 0.534. The first-order chi connectivity index (χ1) is 8.62. The van der Waals surface area contributed by atoms with E-state index in [1.54, 1.807) is 0 Å². The minimum atomic E-state index is 0.266.